The highest BCUT2D eigenvalue weighted by Crippen LogP contribution is 2.35. The molecule has 0 N–H and O–H groups in total. The van der Waals surface area contributed by atoms with E-state index >= 15 is 0 Å². The Morgan fingerprint density at radius 3 is 2.75 bits per heavy atom. The largest absolute Gasteiger partial charge is 0.496 e. The molecule has 0 amide bonds. The van der Waals surface area contributed by atoms with Crippen molar-refractivity contribution in [3.63, 3.8) is 0 Å². The van der Waals surface area contributed by atoms with Gasteiger partial charge in [0.15, 0.2) is 4.80 Å². The minimum absolute atomic E-state index is 0.0837. The van der Waals surface area contributed by atoms with Gasteiger partial charge < -0.3 is 13.9 Å². The lowest BCUT2D eigenvalue weighted by Gasteiger charge is -2.22. The van der Waals surface area contributed by atoms with E-state index in [9.17, 15) is 19.7 Å². The monoisotopic (exact) mass is 671 g/mol. The van der Waals surface area contributed by atoms with Crippen LogP contribution in [0.1, 0.15) is 31.2 Å². The predicted molar refractivity (Wildman–Crippen MR) is 157 cm³/mol. The number of benzene rings is 2. The molecular weight excluding hydrogens is 649 g/mol. The van der Waals surface area contributed by atoms with Crippen molar-refractivity contribution >= 4 is 51.7 Å². The number of nitrogens with zero attached hydrogens (tertiary/aromatic N) is 3. The molecule has 0 unspecified atom stereocenters. The van der Waals surface area contributed by atoms with Crippen LogP contribution in [0.3, 0.4) is 0 Å². The zero-order valence-electron chi connectivity index (χ0n) is 21.5. The molecule has 5 rings (SSSR count). The summed E-state index contributed by atoms with van der Waals surface area (Å²) in [6.07, 6.45) is 1.77. The van der Waals surface area contributed by atoms with E-state index in [1.54, 1.807) is 51.3 Å². The minimum Gasteiger partial charge on any atom is -0.496 e. The van der Waals surface area contributed by atoms with Gasteiger partial charge >= 0.3 is 5.97 Å². The Hall–Kier alpha value is -4.04. The van der Waals surface area contributed by atoms with Gasteiger partial charge in [0.1, 0.15) is 23.3 Å². The van der Waals surface area contributed by atoms with Crippen molar-refractivity contribution in [1.82, 2.24) is 4.57 Å². The summed E-state index contributed by atoms with van der Waals surface area (Å²) in [6.45, 7) is 3.52. The number of esters is 1. The number of methoxy groups -OCH3 is 1. The second-order valence-electron chi connectivity index (χ2n) is 8.71. The number of ether oxygens (including phenoxy) is 2. The Morgan fingerprint density at radius 2 is 2.05 bits per heavy atom. The maximum absolute atomic E-state index is 13.8. The summed E-state index contributed by atoms with van der Waals surface area (Å²) in [4.78, 5) is 42.7. The number of carbonyl (C=O) groups is 1. The van der Waals surface area contributed by atoms with Crippen LogP contribution in [-0.4, -0.2) is 29.2 Å². The molecule has 2 aromatic carbocycles. The predicted octanol–water partition coefficient (Wildman–Crippen LogP) is 4.58. The third kappa shape index (κ3) is 5.11. The molecule has 2 aromatic heterocycles. The van der Waals surface area contributed by atoms with Crippen molar-refractivity contribution in [1.29, 1.82) is 0 Å². The smallest absolute Gasteiger partial charge is 0.338 e. The van der Waals surface area contributed by atoms with Gasteiger partial charge in [-0.15, -0.1) is 0 Å². The molecule has 12 heteroatoms. The van der Waals surface area contributed by atoms with Crippen molar-refractivity contribution in [3.05, 3.63) is 111 Å². The number of nitro benzene ring substituents is 1. The fraction of sp³-hybridized carbons (Fsp3) is 0.179. The van der Waals surface area contributed by atoms with Crippen molar-refractivity contribution in [2.75, 3.05) is 13.7 Å². The van der Waals surface area contributed by atoms with E-state index in [0.29, 0.717) is 32.1 Å². The molecule has 40 heavy (non-hydrogen) atoms. The Labute approximate surface area is 245 Å². The molecule has 1 aliphatic rings. The summed E-state index contributed by atoms with van der Waals surface area (Å²) in [7, 11) is 1.60. The number of aromatic nitrogens is 1. The van der Waals surface area contributed by atoms with Crippen LogP contribution in [0.25, 0.3) is 17.4 Å². The summed E-state index contributed by atoms with van der Waals surface area (Å²) < 4.78 is 19.5. The second-order valence-corrected chi connectivity index (χ2v) is 10.9. The number of fused-ring (bicyclic) bond motifs is 1. The van der Waals surface area contributed by atoms with Gasteiger partial charge in [-0.2, -0.15) is 0 Å². The lowest BCUT2D eigenvalue weighted by molar-refractivity contribution is -0.384. The number of hydrogen-bond donors (Lipinski definition) is 0. The van der Waals surface area contributed by atoms with E-state index < -0.39 is 16.9 Å². The Kier molecular flexibility index (Phi) is 7.72. The van der Waals surface area contributed by atoms with Gasteiger partial charge in [-0.25, -0.2) is 9.79 Å². The van der Waals surface area contributed by atoms with Crippen LogP contribution in [0.4, 0.5) is 5.69 Å². The molecule has 0 spiro atoms. The molecule has 204 valence electrons. The molecule has 10 nitrogen and oxygen atoms in total. The summed E-state index contributed by atoms with van der Waals surface area (Å²) in [5.41, 5.74) is 1.45. The number of carbonyl (C=O) groups excluding carboxylic acids is 1. The van der Waals surface area contributed by atoms with E-state index in [4.69, 9.17) is 13.9 Å². The number of non-ortho nitro benzene ring substituents is 1. The first-order valence-corrected chi connectivity index (χ1v) is 14.0. The van der Waals surface area contributed by atoms with Gasteiger partial charge in [-0.3, -0.25) is 19.5 Å². The molecule has 4 aromatic rings. The van der Waals surface area contributed by atoms with Crippen molar-refractivity contribution in [2.45, 2.75) is 19.9 Å². The molecule has 0 radical (unpaired) electrons. The molecule has 0 bridgehead atoms. The van der Waals surface area contributed by atoms with E-state index in [0.717, 1.165) is 14.9 Å². The highest BCUT2D eigenvalue weighted by Gasteiger charge is 2.35. The SMILES string of the molecule is CCOC(=O)C1=C(C)N=c2s/c(=C\c3ccc(OC)c(I)c3)c(=O)n2[C@@H]1c1ccc(-c2cccc([N+](=O)[O-])c2)o1. The van der Waals surface area contributed by atoms with E-state index in [1.165, 1.54) is 28.0 Å². The van der Waals surface area contributed by atoms with Gasteiger partial charge in [0.25, 0.3) is 11.2 Å². The summed E-state index contributed by atoms with van der Waals surface area (Å²) in [5, 5.41) is 11.3. The van der Waals surface area contributed by atoms with Crippen molar-refractivity contribution < 1.29 is 23.6 Å². The molecule has 0 fully saturated rings. The van der Waals surface area contributed by atoms with Crippen LogP contribution in [-0.2, 0) is 9.53 Å². The molecule has 0 saturated carbocycles. The Bertz CT molecular complexity index is 1870. The topological polar surface area (TPSA) is 126 Å². The highest BCUT2D eigenvalue weighted by atomic mass is 127. The highest BCUT2D eigenvalue weighted by molar-refractivity contribution is 14.1. The number of furan rings is 1. The zero-order chi connectivity index (χ0) is 28.6. The molecule has 0 aliphatic carbocycles. The third-order valence-corrected chi connectivity index (χ3v) is 8.05. The summed E-state index contributed by atoms with van der Waals surface area (Å²) in [6, 6.07) is 14.0. The van der Waals surface area contributed by atoms with Crippen LogP contribution in [0.2, 0.25) is 0 Å². The van der Waals surface area contributed by atoms with Gasteiger partial charge in [0.05, 0.1) is 38.0 Å². The maximum atomic E-state index is 13.8. The first kappa shape index (κ1) is 27.5. The number of thiazole rings is 1. The number of allylic oxidation sites excluding steroid dienone is 1. The third-order valence-electron chi connectivity index (χ3n) is 6.23. The van der Waals surface area contributed by atoms with Gasteiger partial charge in [0.2, 0.25) is 0 Å². The van der Waals surface area contributed by atoms with Crippen molar-refractivity contribution in [3.8, 4) is 17.1 Å². The zero-order valence-corrected chi connectivity index (χ0v) is 24.5. The van der Waals surface area contributed by atoms with Gasteiger partial charge in [0, 0.05) is 17.7 Å². The molecule has 3 heterocycles. The first-order chi connectivity index (χ1) is 19.2. The normalized spacial score (nSPS) is 15.0. The van der Waals surface area contributed by atoms with E-state index in [2.05, 4.69) is 27.6 Å². The number of nitro groups is 1. The minimum atomic E-state index is -0.944. The summed E-state index contributed by atoms with van der Waals surface area (Å²) >= 11 is 3.37. The standard InChI is InChI=1S/C28H22IN3O7S/c1-4-38-27(34)24-15(2)30-28-31(26(33)23(40-28)13-16-8-9-21(37-3)19(29)12-16)25(24)22-11-10-20(39-22)17-6-5-7-18(14-17)32(35)36/h5-14,25H,4H2,1-3H3/b23-13-/t25-/m1/s1. The molecule has 1 atom stereocenters. The Balaban J connectivity index is 1.67. The van der Waals surface area contributed by atoms with E-state index in [-0.39, 0.29) is 23.4 Å². The lowest BCUT2D eigenvalue weighted by atomic mass is 10.0. The Morgan fingerprint density at radius 1 is 1.25 bits per heavy atom. The van der Waals surface area contributed by atoms with Crippen LogP contribution >= 0.6 is 33.9 Å². The molecule has 0 saturated heterocycles. The fourth-order valence-corrected chi connectivity index (χ4v) is 6.22. The molecular formula is C28H22IN3O7S. The quantitative estimate of drug-likeness (QED) is 0.122. The average Bonchev–Trinajstić information content (AvgIpc) is 3.53. The van der Waals surface area contributed by atoms with E-state index in [1.807, 2.05) is 18.2 Å². The summed E-state index contributed by atoms with van der Waals surface area (Å²) in [5.74, 6) is 0.768. The number of hydrogen-bond acceptors (Lipinski definition) is 9. The van der Waals surface area contributed by atoms with Gasteiger partial charge in [-0.1, -0.05) is 29.5 Å². The van der Waals surface area contributed by atoms with Crippen molar-refractivity contribution in [2.24, 2.45) is 4.99 Å². The van der Waals surface area contributed by atoms with Crippen LogP contribution in [0.5, 0.6) is 5.75 Å². The van der Waals surface area contributed by atoms with Crippen LogP contribution in [0, 0.1) is 13.7 Å². The lowest BCUT2D eigenvalue weighted by Crippen LogP contribution is -2.39. The first-order valence-electron chi connectivity index (χ1n) is 12.1. The van der Waals surface area contributed by atoms with Crippen LogP contribution in [0.15, 0.2) is 80.1 Å². The maximum Gasteiger partial charge on any atom is 0.338 e. The van der Waals surface area contributed by atoms with Gasteiger partial charge in [-0.05, 0) is 72.3 Å². The second kappa shape index (κ2) is 11.2. The number of rotatable bonds is 7. The average molecular weight is 671 g/mol. The number of halogens is 1. The molecule has 1 aliphatic heterocycles. The fourth-order valence-electron chi connectivity index (χ4n) is 4.41. The van der Waals surface area contributed by atoms with Crippen LogP contribution < -0.4 is 19.6 Å².